The van der Waals surface area contributed by atoms with E-state index in [0.717, 1.165) is 0 Å². The lowest BCUT2D eigenvalue weighted by Gasteiger charge is -2.17. The van der Waals surface area contributed by atoms with Gasteiger partial charge in [0.2, 0.25) is 5.76 Å². The second kappa shape index (κ2) is 4.11. The Bertz CT molecular complexity index is 468. The summed E-state index contributed by atoms with van der Waals surface area (Å²) in [4.78, 5) is 0. The van der Waals surface area contributed by atoms with Crippen LogP contribution in [0.4, 0.5) is 13.2 Å². The number of halogens is 3. The van der Waals surface area contributed by atoms with E-state index in [1.807, 2.05) is 0 Å². The summed E-state index contributed by atoms with van der Waals surface area (Å²) in [5.74, 6) is -1.25. The van der Waals surface area contributed by atoms with E-state index >= 15 is 0 Å². The maximum atomic E-state index is 12.4. The van der Waals surface area contributed by atoms with Crippen LogP contribution in [0.15, 0.2) is 34.8 Å². The summed E-state index contributed by atoms with van der Waals surface area (Å²) in [5.41, 5.74) is -0.481. The Balaban J connectivity index is 3.30. The normalized spacial score (nSPS) is 15.2. The maximum absolute atomic E-state index is 12.4. The Kier molecular flexibility index (Phi) is 3.05. The third-order valence-corrected chi connectivity index (χ3v) is 1.71. The molecule has 6 heteroatoms. The minimum Gasteiger partial charge on any atom is -0.457 e. The number of rotatable bonds is 0. The zero-order valence-corrected chi connectivity index (χ0v) is 8.09. The van der Waals surface area contributed by atoms with E-state index in [2.05, 4.69) is 4.74 Å². The lowest BCUT2D eigenvalue weighted by atomic mass is 10.1. The average molecular weight is 226 g/mol. The van der Waals surface area contributed by atoms with Gasteiger partial charge in [-0.3, -0.25) is 0 Å². The van der Waals surface area contributed by atoms with E-state index in [1.165, 1.54) is 25.1 Å². The molecule has 1 rings (SSSR count). The molecule has 0 spiro atoms. The molecule has 0 saturated carbocycles. The van der Waals surface area contributed by atoms with Gasteiger partial charge in [-0.1, -0.05) is 0 Å². The van der Waals surface area contributed by atoms with Crippen LogP contribution in [0, 0.1) is 22.7 Å². The van der Waals surface area contributed by atoms with Crippen LogP contribution >= 0.6 is 0 Å². The Labute approximate surface area is 89.3 Å². The third-order valence-electron chi connectivity index (χ3n) is 1.71. The quantitative estimate of drug-likeness (QED) is 0.596. The minimum atomic E-state index is -4.64. The van der Waals surface area contributed by atoms with Gasteiger partial charge in [-0.25, -0.2) is 0 Å². The van der Waals surface area contributed by atoms with Crippen LogP contribution < -0.4 is 0 Å². The monoisotopic (exact) mass is 226 g/mol. The standard InChI is InChI=1S/C10H5F3N2O/c1-6-2-7(8(4-14)5-15)3-9(16-6)10(11,12)13/h2-3H,1H3. The first kappa shape index (κ1) is 11.9. The predicted molar refractivity (Wildman–Crippen MR) is 47.2 cm³/mol. The molecule has 0 unspecified atom stereocenters. The van der Waals surface area contributed by atoms with Crippen LogP contribution in [0.25, 0.3) is 0 Å². The van der Waals surface area contributed by atoms with Gasteiger partial charge in [0.15, 0.2) is 0 Å². The second-order valence-corrected chi connectivity index (χ2v) is 2.92. The molecule has 0 aliphatic carbocycles. The first-order valence-electron chi connectivity index (χ1n) is 4.08. The van der Waals surface area contributed by atoms with E-state index in [-0.39, 0.29) is 16.9 Å². The number of ether oxygens (including phenoxy) is 1. The first-order valence-corrected chi connectivity index (χ1v) is 4.08. The molecule has 0 aromatic rings. The SMILES string of the molecule is CC1=CC(=C(C#N)C#N)C=C(C(F)(F)F)O1. The number of alkyl halides is 3. The summed E-state index contributed by atoms with van der Waals surface area (Å²) in [6.07, 6.45) is -2.80. The lowest BCUT2D eigenvalue weighted by Crippen LogP contribution is -2.16. The highest BCUT2D eigenvalue weighted by Gasteiger charge is 2.37. The van der Waals surface area contributed by atoms with Crippen molar-refractivity contribution >= 4 is 0 Å². The molecular formula is C10H5F3N2O. The highest BCUT2D eigenvalue weighted by molar-refractivity contribution is 5.52. The number of nitriles is 2. The highest BCUT2D eigenvalue weighted by atomic mass is 19.4. The molecule has 3 nitrogen and oxygen atoms in total. The largest absolute Gasteiger partial charge is 0.457 e. The fraction of sp³-hybridized carbons (Fsp3) is 0.200. The van der Waals surface area contributed by atoms with E-state index < -0.39 is 11.9 Å². The van der Waals surface area contributed by atoms with Crippen molar-refractivity contribution in [3.8, 4) is 12.1 Å². The molecule has 0 N–H and O–H groups in total. The van der Waals surface area contributed by atoms with Crippen molar-refractivity contribution in [2.75, 3.05) is 0 Å². The number of nitrogens with zero attached hydrogens (tertiary/aromatic N) is 2. The zero-order chi connectivity index (χ0) is 12.3. The Hall–Kier alpha value is -2.21. The molecule has 0 radical (unpaired) electrons. The van der Waals surface area contributed by atoms with Crippen molar-refractivity contribution in [1.29, 1.82) is 10.5 Å². The molecular weight excluding hydrogens is 221 g/mol. The molecule has 1 heterocycles. The van der Waals surface area contributed by atoms with Gasteiger partial charge in [-0.15, -0.1) is 0 Å². The van der Waals surface area contributed by atoms with Crippen LogP contribution in [-0.4, -0.2) is 6.18 Å². The van der Waals surface area contributed by atoms with Crippen molar-refractivity contribution < 1.29 is 17.9 Å². The Morgan fingerprint density at radius 2 is 1.81 bits per heavy atom. The van der Waals surface area contributed by atoms with Gasteiger partial charge in [0.05, 0.1) is 0 Å². The van der Waals surface area contributed by atoms with Gasteiger partial charge in [-0.2, -0.15) is 23.7 Å². The van der Waals surface area contributed by atoms with Crippen molar-refractivity contribution in [3.05, 3.63) is 34.8 Å². The number of allylic oxidation sites excluding steroid dienone is 6. The van der Waals surface area contributed by atoms with Crippen molar-refractivity contribution in [2.45, 2.75) is 13.1 Å². The average Bonchev–Trinajstić information content (AvgIpc) is 2.17. The van der Waals surface area contributed by atoms with Gasteiger partial charge >= 0.3 is 6.18 Å². The second-order valence-electron chi connectivity index (χ2n) is 2.92. The van der Waals surface area contributed by atoms with Crippen LogP contribution in [-0.2, 0) is 4.74 Å². The zero-order valence-electron chi connectivity index (χ0n) is 8.09. The van der Waals surface area contributed by atoms with Gasteiger partial charge in [0, 0.05) is 5.57 Å². The molecule has 0 amide bonds. The fourth-order valence-corrected chi connectivity index (χ4v) is 1.07. The molecule has 0 fully saturated rings. The Morgan fingerprint density at radius 3 is 2.25 bits per heavy atom. The van der Waals surface area contributed by atoms with Gasteiger partial charge in [0.25, 0.3) is 0 Å². The first-order chi connectivity index (χ1) is 7.38. The van der Waals surface area contributed by atoms with Gasteiger partial charge in [-0.05, 0) is 19.1 Å². The predicted octanol–water partition coefficient (Wildman–Crippen LogP) is 2.71. The number of hydrogen-bond donors (Lipinski definition) is 0. The molecule has 0 saturated heterocycles. The summed E-state index contributed by atoms with van der Waals surface area (Å²) in [7, 11) is 0. The van der Waals surface area contributed by atoms with Crippen LogP contribution in [0.5, 0.6) is 0 Å². The molecule has 1 aliphatic heterocycles. The van der Waals surface area contributed by atoms with Crippen molar-refractivity contribution in [1.82, 2.24) is 0 Å². The summed E-state index contributed by atoms with van der Waals surface area (Å²) in [5, 5.41) is 17.1. The van der Waals surface area contributed by atoms with Gasteiger partial charge < -0.3 is 4.74 Å². The third kappa shape index (κ3) is 2.43. The topological polar surface area (TPSA) is 56.8 Å². The lowest BCUT2D eigenvalue weighted by molar-refractivity contribution is -0.124. The molecule has 0 bridgehead atoms. The van der Waals surface area contributed by atoms with Crippen LogP contribution in [0.2, 0.25) is 0 Å². The molecule has 0 atom stereocenters. The summed E-state index contributed by atoms with van der Waals surface area (Å²) < 4.78 is 41.5. The molecule has 1 aliphatic rings. The maximum Gasteiger partial charge on any atom is 0.449 e. The minimum absolute atomic E-state index is 0.0205. The van der Waals surface area contributed by atoms with Crippen molar-refractivity contribution in [3.63, 3.8) is 0 Å². The van der Waals surface area contributed by atoms with Crippen LogP contribution in [0.3, 0.4) is 0 Å². The molecule has 16 heavy (non-hydrogen) atoms. The smallest absolute Gasteiger partial charge is 0.449 e. The van der Waals surface area contributed by atoms with E-state index in [1.54, 1.807) is 0 Å². The highest BCUT2D eigenvalue weighted by Crippen LogP contribution is 2.33. The number of hydrogen-bond acceptors (Lipinski definition) is 3. The molecule has 0 aromatic heterocycles. The van der Waals surface area contributed by atoms with Gasteiger partial charge in [0.1, 0.15) is 23.5 Å². The molecule has 0 aromatic carbocycles. The van der Waals surface area contributed by atoms with E-state index in [0.29, 0.717) is 6.08 Å². The Morgan fingerprint density at radius 1 is 1.25 bits per heavy atom. The fourth-order valence-electron chi connectivity index (χ4n) is 1.07. The van der Waals surface area contributed by atoms with E-state index in [4.69, 9.17) is 10.5 Å². The summed E-state index contributed by atoms with van der Waals surface area (Å²) in [6.45, 7) is 1.31. The van der Waals surface area contributed by atoms with Crippen molar-refractivity contribution in [2.24, 2.45) is 0 Å². The molecule has 82 valence electrons. The summed E-state index contributed by atoms with van der Waals surface area (Å²) >= 11 is 0. The summed E-state index contributed by atoms with van der Waals surface area (Å²) in [6, 6.07) is 3.04. The van der Waals surface area contributed by atoms with Crippen LogP contribution in [0.1, 0.15) is 6.92 Å². The van der Waals surface area contributed by atoms with E-state index in [9.17, 15) is 13.2 Å².